The molecule has 0 saturated carbocycles. The number of carbonyl (C=O) groups excluding carboxylic acids is 2. The summed E-state index contributed by atoms with van der Waals surface area (Å²) in [6.07, 6.45) is 6.14. The summed E-state index contributed by atoms with van der Waals surface area (Å²) >= 11 is 0. The van der Waals surface area contributed by atoms with Crippen molar-refractivity contribution in [3.8, 4) is 0 Å². The largest absolute Gasteiger partial charge is 0.368 e. The molecule has 3 rings (SSSR count). The number of anilines is 1. The van der Waals surface area contributed by atoms with Crippen molar-refractivity contribution in [2.75, 3.05) is 18.0 Å². The van der Waals surface area contributed by atoms with Gasteiger partial charge in [-0.25, -0.2) is 5.48 Å². The molecule has 0 spiro atoms. The highest BCUT2D eigenvalue weighted by molar-refractivity contribution is 6.07. The zero-order valence-electron chi connectivity index (χ0n) is 17.2. The van der Waals surface area contributed by atoms with Crippen LogP contribution >= 0.6 is 0 Å². The topological polar surface area (TPSA) is 81.7 Å². The highest BCUT2D eigenvalue weighted by Gasteiger charge is 2.21. The van der Waals surface area contributed by atoms with Gasteiger partial charge in [0.25, 0.3) is 5.91 Å². The van der Waals surface area contributed by atoms with E-state index in [4.69, 9.17) is 5.21 Å². The van der Waals surface area contributed by atoms with Crippen molar-refractivity contribution in [1.82, 2.24) is 10.8 Å². The van der Waals surface area contributed by atoms with Gasteiger partial charge in [-0.2, -0.15) is 0 Å². The predicted octanol–water partition coefficient (Wildman–Crippen LogP) is 3.29. The first-order chi connectivity index (χ1) is 14.4. The van der Waals surface area contributed by atoms with E-state index < -0.39 is 5.91 Å². The van der Waals surface area contributed by atoms with Crippen molar-refractivity contribution >= 4 is 29.5 Å². The fraction of sp³-hybridized carbons (Fsp3) is 0.250. The number of nitrogens with one attached hydrogen (secondary N) is 2. The number of carbonyl (C=O) groups is 2. The molecule has 6 heteroatoms. The molecule has 1 aliphatic heterocycles. The Labute approximate surface area is 176 Å². The minimum atomic E-state index is -0.598. The summed E-state index contributed by atoms with van der Waals surface area (Å²) in [4.78, 5) is 26.1. The van der Waals surface area contributed by atoms with Crippen LogP contribution in [-0.4, -0.2) is 42.1 Å². The van der Waals surface area contributed by atoms with Gasteiger partial charge in [0.1, 0.15) is 0 Å². The minimum absolute atomic E-state index is 0.0614. The normalized spacial score (nSPS) is 19.4. The maximum absolute atomic E-state index is 12.7. The average molecular weight is 405 g/mol. The van der Waals surface area contributed by atoms with E-state index >= 15 is 0 Å². The molecule has 6 nitrogen and oxygen atoms in total. The van der Waals surface area contributed by atoms with Gasteiger partial charge in [0, 0.05) is 42.5 Å². The number of ketones is 1. The first-order valence-corrected chi connectivity index (χ1v) is 10.0. The predicted molar refractivity (Wildman–Crippen MR) is 119 cm³/mol. The summed E-state index contributed by atoms with van der Waals surface area (Å²) in [5.41, 5.74) is 4.89. The SMILES string of the molecule is C[C@@H]1CN(c2cccc(C(=O)/C=C/c3cccc(/C=C/C(=O)NO)c3)c2)C[C@H](C)N1. The lowest BCUT2D eigenvalue weighted by molar-refractivity contribution is -0.124. The molecule has 2 aromatic rings. The molecule has 0 radical (unpaired) electrons. The van der Waals surface area contributed by atoms with Gasteiger partial charge in [-0.3, -0.25) is 14.8 Å². The first kappa shape index (κ1) is 21.5. The Morgan fingerprint density at radius 2 is 1.63 bits per heavy atom. The summed E-state index contributed by atoms with van der Waals surface area (Å²) in [5, 5.41) is 12.1. The van der Waals surface area contributed by atoms with E-state index in [2.05, 4.69) is 24.1 Å². The third-order valence-corrected chi connectivity index (χ3v) is 4.93. The van der Waals surface area contributed by atoms with Gasteiger partial charge in [-0.05, 0) is 55.3 Å². The van der Waals surface area contributed by atoms with E-state index in [0.717, 1.165) is 29.9 Å². The number of hydrogen-bond acceptors (Lipinski definition) is 5. The Hall–Kier alpha value is -3.22. The maximum atomic E-state index is 12.7. The van der Waals surface area contributed by atoms with Crippen LogP contribution in [0.25, 0.3) is 12.2 Å². The lowest BCUT2D eigenvalue weighted by atomic mass is 10.1. The van der Waals surface area contributed by atoms with Gasteiger partial charge in [-0.15, -0.1) is 0 Å². The van der Waals surface area contributed by atoms with Crippen LogP contribution in [0.5, 0.6) is 0 Å². The third kappa shape index (κ3) is 5.89. The molecule has 1 aliphatic rings. The van der Waals surface area contributed by atoms with Gasteiger partial charge in [0.2, 0.25) is 0 Å². The standard InChI is InChI=1S/C24H27N3O3/c1-17-15-27(16-18(2)25-17)22-8-4-7-21(14-22)23(28)11-9-19-5-3-6-20(13-19)10-12-24(29)26-30/h3-14,17-18,25,30H,15-16H2,1-2H3,(H,26,29)/b11-9+,12-10+/t17-,18+. The van der Waals surface area contributed by atoms with Crippen molar-refractivity contribution in [2.45, 2.75) is 25.9 Å². The maximum Gasteiger partial charge on any atom is 0.267 e. The second kappa shape index (κ2) is 10.0. The van der Waals surface area contributed by atoms with Crippen molar-refractivity contribution in [3.63, 3.8) is 0 Å². The third-order valence-electron chi connectivity index (χ3n) is 4.93. The lowest BCUT2D eigenvalue weighted by Gasteiger charge is -2.37. The Morgan fingerprint density at radius 3 is 2.30 bits per heavy atom. The van der Waals surface area contributed by atoms with Crippen LogP contribution in [0.1, 0.15) is 35.3 Å². The molecule has 0 bridgehead atoms. The van der Waals surface area contributed by atoms with Crippen LogP contribution in [0.2, 0.25) is 0 Å². The lowest BCUT2D eigenvalue weighted by Crippen LogP contribution is -2.54. The molecule has 2 aromatic carbocycles. The zero-order chi connectivity index (χ0) is 21.5. The Balaban J connectivity index is 1.71. The summed E-state index contributed by atoms with van der Waals surface area (Å²) in [7, 11) is 0. The van der Waals surface area contributed by atoms with E-state index in [-0.39, 0.29) is 5.78 Å². The summed E-state index contributed by atoms with van der Waals surface area (Å²) in [6, 6.07) is 16.0. The Bertz CT molecular complexity index is 958. The van der Waals surface area contributed by atoms with Crippen LogP contribution in [0.4, 0.5) is 5.69 Å². The van der Waals surface area contributed by atoms with Crippen LogP contribution < -0.4 is 15.7 Å². The molecule has 1 heterocycles. The molecule has 2 atom stereocenters. The van der Waals surface area contributed by atoms with Gasteiger partial charge in [0.15, 0.2) is 5.78 Å². The number of rotatable bonds is 6. The zero-order valence-corrected chi connectivity index (χ0v) is 17.2. The van der Waals surface area contributed by atoms with Gasteiger partial charge in [0.05, 0.1) is 0 Å². The number of amides is 1. The summed E-state index contributed by atoms with van der Waals surface area (Å²) in [6.45, 7) is 6.15. The Morgan fingerprint density at radius 1 is 1.00 bits per heavy atom. The molecule has 30 heavy (non-hydrogen) atoms. The second-order valence-corrected chi connectivity index (χ2v) is 7.60. The number of allylic oxidation sites excluding steroid dienone is 1. The number of nitrogens with zero attached hydrogens (tertiary/aromatic N) is 1. The van der Waals surface area contributed by atoms with E-state index in [1.165, 1.54) is 6.08 Å². The number of piperazine rings is 1. The van der Waals surface area contributed by atoms with Gasteiger partial charge in [-0.1, -0.05) is 36.4 Å². The molecule has 1 amide bonds. The van der Waals surface area contributed by atoms with Gasteiger partial charge < -0.3 is 10.2 Å². The quantitative estimate of drug-likeness (QED) is 0.297. The second-order valence-electron chi connectivity index (χ2n) is 7.60. The molecule has 156 valence electrons. The molecule has 0 aliphatic carbocycles. The average Bonchev–Trinajstić information content (AvgIpc) is 2.75. The van der Waals surface area contributed by atoms with E-state index in [0.29, 0.717) is 17.6 Å². The van der Waals surface area contributed by atoms with Crippen molar-refractivity contribution in [1.29, 1.82) is 0 Å². The molecular formula is C24H27N3O3. The molecular weight excluding hydrogens is 378 g/mol. The molecule has 0 aromatic heterocycles. The van der Waals surface area contributed by atoms with Gasteiger partial charge >= 0.3 is 0 Å². The van der Waals surface area contributed by atoms with E-state index in [1.54, 1.807) is 23.7 Å². The van der Waals surface area contributed by atoms with Crippen LogP contribution in [0.15, 0.2) is 60.7 Å². The van der Waals surface area contributed by atoms with Crippen LogP contribution in [0.3, 0.4) is 0 Å². The Kier molecular flexibility index (Phi) is 7.17. The molecule has 1 saturated heterocycles. The molecule has 1 fully saturated rings. The highest BCUT2D eigenvalue weighted by atomic mass is 16.5. The summed E-state index contributed by atoms with van der Waals surface area (Å²) in [5.74, 6) is -0.659. The molecule has 0 unspecified atom stereocenters. The minimum Gasteiger partial charge on any atom is -0.368 e. The smallest absolute Gasteiger partial charge is 0.267 e. The molecule has 3 N–H and O–H groups in total. The number of benzene rings is 2. The fourth-order valence-corrected chi connectivity index (χ4v) is 3.64. The van der Waals surface area contributed by atoms with Crippen molar-refractivity contribution in [3.05, 3.63) is 77.4 Å². The highest BCUT2D eigenvalue weighted by Crippen LogP contribution is 2.20. The van der Waals surface area contributed by atoms with Crippen LogP contribution in [0, 0.1) is 0 Å². The fourth-order valence-electron chi connectivity index (χ4n) is 3.64. The van der Waals surface area contributed by atoms with E-state index in [9.17, 15) is 9.59 Å². The van der Waals surface area contributed by atoms with Crippen molar-refractivity contribution < 1.29 is 14.8 Å². The summed E-state index contributed by atoms with van der Waals surface area (Å²) < 4.78 is 0. The monoisotopic (exact) mass is 405 g/mol. The first-order valence-electron chi connectivity index (χ1n) is 10.0. The van der Waals surface area contributed by atoms with Crippen LogP contribution in [-0.2, 0) is 4.79 Å². The van der Waals surface area contributed by atoms with Crippen molar-refractivity contribution in [2.24, 2.45) is 0 Å². The number of hydroxylamine groups is 1. The van der Waals surface area contributed by atoms with E-state index in [1.807, 2.05) is 48.5 Å². The number of hydrogen-bond donors (Lipinski definition) is 3.